The number of aryl methyl sites for hydroxylation is 1. The molecule has 0 fully saturated rings. The summed E-state index contributed by atoms with van der Waals surface area (Å²) < 4.78 is 18.2. The molecule has 2 aromatic rings. The Morgan fingerprint density at radius 3 is 3.04 bits per heavy atom. The Hall–Kier alpha value is -2.61. The number of aromatic nitrogens is 3. The minimum absolute atomic E-state index is 0.0937. The number of carbonyl (C=O) groups is 1. The smallest absolute Gasteiger partial charge is 0.258 e. The van der Waals surface area contributed by atoms with Crippen LogP contribution in [0.2, 0.25) is 0 Å². The highest BCUT2D eigenvalue weighted by molar-refractivity contribution is 5.77. The third-order valence-corrected chi connectivity index (χ3v) is 3.95. The van der Waals surface area contributed by atoms with Crippen LogP contribution in [-0.2, 0) is 29.0 Å². The first-order valence-corrected chi connectivity index (χ1v) is 8.20. The third-order valence-electron chi connectivity index (χ3n) is 3.95. The summed E-state index contributed by atoms with van der Waals surface area (Å²) in [4.78, 5) is 12.1. The monoisotopic (exact) mass is 346 g/mol. The molecular weight excluding hydrogens is 324 g/mol. The van der Waals surface area contributed by atoms with Gasteiger partial charge >= 0.3 is 0 Å². The van der Waals surface area contributed by atoms with Gasteiger partial charge in [0.05, 0.1) is 26.9 Å². The van der Waals surface area contributed by atoms with E-state index in [9.17, 15) is 4.79 Å². The quantitative estimate of drug-likeness (QED) is 0.835. The zero-order chi connectivity index (χ0) is 17.6. The second-order valence-corrected chi connectivity index (χ2v) is 5.77. The molecule has 1 N–H and O–H groups in total. The van der Waals surface area contributed by atoms with Gasteiger partial charge in [-0.1, -0.05) is 6.07 Å². The first-order chi connectivity index (χ1) is 12.2. The van der Waals surface area contributed by atoms with Gasteiger partial charge in [0.25, 0.3) is 5.91 Å². The Bertz CT molecular complexity index is 744. The van der Waals surface area contributed by atoms with Crippen molar-refractivity contribution in [3.63, 3.8) is 0 Å². The molecule has 0 unspecified atom stereocenters. The molecule has 25 heavy (non-hydrogen) atoms. The number of rotatable bonds is 6. The summed E-state index contributed by atoms with van der Waals surface area (Å²) in [6.45, 7) is 4.15. The lowest BCUT2D eigenvalue weighted by Gasteiger charge is -2.11. The van der Waals surface area contributed by atoms with E-state index in [-0.39, 0.29) is 12.5 Å². The number of nitrogens with zero attached hydrogens (tertiary/aromatic N) is 3. The fraction of sp³-hybridized carbons (Fsp3) is 0.471. The van der Waals surface area contributed by atoms with Crippen LogP contribution in [0.15, 0.2) is 18.2 Å². The van der Waals surface area contributed by atoms with Gasteiger partial charge in [-0.2, -0.15) is 0 Å². The fourth-order valence-corrected chi connectivity index (χ4v) is 2.63. The van der Waals surface area contributed by atoms with Gasteiger partial charge in [-0.3, -0.25) is 4.79 Å². The first kappa shape index (κ1) is 17.2. The second kappa shape index (κ2) is 7.98. The molecular formula is C17H22N4O4. The van der Waals surface area contributed by atoms with Gasteiger partial charge in [-0.15, -0.1) is 10.2 Å². The van der Waals surface area contributed by atoms with Crippen LogP contribution in [0.25, 0.3) is 0 Å². The molecule has 3 rings (SSSR count). The van der Waals surface area contributed by atoms with Crippen LogP contribution < -0.4 is 14.8 Å². The van der Waals surface area contributed by atoms with Crippen molar-refractivity contribution in [2.45, 2.75) is 26.4 Å². The summed E-state index contributed by atoms with van der Waals surface area (Å²) in [7, 11) is 1.57. The summed E-state index contributed by atoms with van der Waals surface area (Å²) >= 11 is 0. The number of nitrogens with one attached hydrogen (secondary N) is 1. The van der Waals surface area contributed by atoms with E-state index in [2.05, 4.69) is 15.5 Å². The average Bonchev–Trinajstić information content (AvgIpc) is 2.85. The number of amides is 1. The van der Waals surface area contributed by atoms with Crippen LogP contribution in [0, 0.1) is 6.92 Å². The normalized spacial score (nSPS) is 13.7. The molecule has 134 valence electrons. The Kier molecular flexibility index (Phi) is 5.49. The highest BCUT2D eigenvalue weighted by Crippen LogP contribution is 2.27. The number of hydrogen-bond acceptors (Lipinski definition) is 6. The predicted octanol–water partition coefficient (Wildman–Crippen LogP) is 0.863. The van der Waals surface area contributed by atoms with E-state index >= 15 is 0 Å². The van der Waals surface area contributed by atoms with E-state index < -0.39 is 0 Å². The van der Waals surface area contributed by atoms with Crippen LogP contribution >= 0.6 is 0 Å². The summed E-state index contributed by atoms with van der Waals surface area (Å²) in [5.74, 6) is 2.53. The van der Waals surface area contributed by atoms with Gasteiger partial charge in [0.15, 0.2) is 23.9 Å². The van der Waals surface area contributed by atoms with Crippen LogP contribution in [0.3, 0.4) is 0 Å². The zero-order valence-corrected chi connectivity index (χ0v) is 14.4. The molecule has 8 heteroatoms. The van der Waals surface area contributed by atoms with Gasteiger partial charge in [0.2, 0.25) is 0 Å². The number of methoxy groups -OCH3 is 1. The lowest BCUT2D eigenvalue weighted by atomic mass is 10.2. The van der Waals surface area contributed by atoms with Crippen molar-refractivity contribution in [1.29, 1.82) is 0 Å². The molecule has 0 bridgehead atoms. The number of hydrogen-bond donors (Lipinski definition) is 1. The maximum atomic E-state index is 12.1. The molecule has 1 aromatic carbocycles. The number of fused-ring (bicyclic) bond motifs is 1. The van der Waals surface area contributed by atoms with E-state index in [0.29, 0.717) is 37.8 Å². The van der Waals surface area contributed by atoms with Gasteiger partial charge in [0.1, 0.15) is 5.82 Å². The summed E-state index contributed by atoms with van der Waals surface area (Å²) in [5.41, 5.74) is 1.06. The van der Waals surface area contributed by atoms with Crippen LogP contribution in [0.5, 0.6) is 11.5 Å². The lowest BCUT2D eigenvalue weighted by molar-refractivity contribution is -0.123. The van der Waals surface area contributed by atoms with Crippen molar-refractivity contribution in [3.8, 4) is 11.5 Å². The molecule has 0 radical (unpaired) electrons. The van der Waals surface area contributed by atoms with Crippen molar-refractivity contribution in [2.24, 2.45) is 0 Å². The van der Waals surface area contributed by atoms with Gasteiger partial charge in [0, 0.05) is 13.0 Å². The van der Waals surface area contributed by atoms with Crippen LogP contribution in [0.4, 0.5) is 0 Å². The summed E-state index contributed by atoms with van der Waals surface area (Å²) in [6.07, 6.45) is 0.733. The minimum atomic E-state index is -0.232. The van der Waals surface area contributed by atoms with Crippen molar-refractivity contribution >= 4 is 5.91 Å². The second-order valence-electron chi connectivity index (χ2n) is 5.77. The molecule has 0 atom stereocenters. The van der Waals surface area contributed by atoms with Gasteiger partial charge < -0.3 is 24.1 Å². The maximum Gasteiger partial charge on any atom is 0.258 e. The SMILES string of the molecule is COc1cc(C)ccc1OCC(=O)NCc1nnc2n1CCOCC2. The standard InChI is InChI=1S/C17H22N4O4/c1-12-3-4-13(14(9-12)23-2)25-11-17(22)18-10-16-20-19-15-5-7-24-8-6-21(15)16/h3-4,9H,5-8,10-11H2,1-2H3,(H,18,22). The average molecular weight is 346 g/mol. The Morgan fingerprint density at radius 1 is 1.32 bits per heavy atom. The molecule has 0 spiro atoms. The third kappa shape index (κ3) is 4.27. The molecule has 0 saturated carbocycles. The molecule has 2 heterocycles. The molecule has 1 aliphatic rings. The molecule has 0 saturated heterocycles. The largest absolute Gasteiger partial charge is 0.493 e. The minimum Gasteiger partial charge on any atom is -0.493 e. The first-order valence-electron chi connectivity index (χ1n) is 8.20. The number of carbonyl (C=O) groups excluding carboxylic acids is 1. The highest BCUT2D eigenvalue weighted by atomic mass is 16.5. The van der Waals surface area contributed by atoms with Crippen LogP contribution in [-0.4, -0.2) is 47.6 Å². The molecule has 1 aromatic heterocycles. The van der Waals surface area contributed by atoms with E-state index in [1.165, 1.54) is 0 Å². The van der Waals surface area contributed by atoms with Crippen LogP contribution in [0.1, 0.15) is 17.2 Å². The van der Waals surface area contributed by atoms with Crippen molar-refractivity contribution in [1.82, 2.24) is 20.1 Å². The summed E-state index contributed by atoms with van der Waals surface area (Å²) in [6, 6.07) is 5.56. The Morgan fingerprint density at radius 2 is 2.20 bits per heavy atom. The lowest BCUT2D eigenvalue weighted by Crippen LogP contribution is -2.30. The predicted molar refractivity (Wildman–Crippen MR) is 89.6 cm³/mol. The molecule has 8 nitrogen and oxygen atoms in total. The number of benzene rings is 1. The molecule has 0 aliphatic carbocycles. The Balaban J connectivity index is 1.53. The molecule has 1 amide bonds. The van der Waals surface area contributed by atoms with Gasteiger partial charge in [-0.05, 0) is 24.6 Å². The Labute approximate surface area is 146 Å². The maximum absolute atomic E-state index is 12.1. The topological polar surface area (TPSA) is 87.5 Å². The van der Waals surface area contributed by atoms with Crippen molar-refractivity contribution < 1.29 is 19.0 Å². The fourth-order valence-electron chi connectivity index (χ4n) is 2.63. The van der Waals surface area contributed by atoms with E-state index in [0.717, 1.165) is 23.6 Å². The highest BCUT2D eigenvalue weighted by Gasteiger charge is 2.15. The van der Waals surface area contributed by atoms with E-state index in [4.69, 9.17) is 14.2 Å². The van der Waals surface area contributed by atoms with E-state index in [1.54, 1.807) is 13.2 Å². The zero-order valence-electron chi connectivity index (χ0n) is 14.4. The van der Waals surface area contributed by atoms with Crippen molar-refractivity contribution in [3.05, 3.63) is 35.4 Å². The summed E-state index contributed by atoms with van der Waals surface area (Å²) in [5, 5.41) is 11.1. The van der Waals surface area contributed by atoms with Crippen molar-refractivity contribution in [2.75, 3.05) is 26.9 Å². The van der Waals surface area contributed by atoms with E-state index in [1.807, 2.05) is 23.6 Å². The molecule has 1 aliphatic heterocycles. The van der Waals surface area contributed by atoms with Gasteiger partial charge in [-0.25, -0.2) is 0 Å². The number of ether oxygens (including phenoxy) is 3.